The molecule has 1 unspecified atom stereocenters. The quantitative estimate of drug-likeness (QED) is 0.467. The lowest BCUT2D eigenvalue weighted by Crippen LogP contribution is -2.50. The maximum absolute atomic E-state index is 13.3. The first-order valence-electron chi connectivity index (χ1n) is 10.6. The Balaban J connectivity index is 2.34. The molecule has 1 atom stereocenters. The number of rotatable bonds is 7. The first-order chi connectivity index (χ1) is 16.0. The van der Waals surface area contributed by atoms with E-state index in [4.69, 9.17) is 5.73 Å². The van der Waals surface area contributed by atoms with Crippen LogP contribution in [0.3, 0.4) is 0 Å². The number of benzene rings is 1. The third-order valence-corrected chi connectivity index (χ3v) is 4.76. The van der Waals surface area contributed by atoms with Crippen LogP contribution in [0.2, 0.25) is 0 Å². The van der Waals surface area contributed by atoms with Crippen molar-refractivity contribution in [3.05, 3.63) is 65.9 Å². The van der Waals surface area contributed by atoms with Crippen molar-refractivity contribution < 1.29 is 22.8 Å². The fraction of sp³-hybridized carbons (Fsp3) is 0.348. The Bertz CT molecular complexity index is 1070. The predicted molar refractivity (Wildman–Crippen MR) is 122 cm³/mol. The fourth-order valence-corrected chi connectivity index (χ4v) is 3.02. The monoisotopic (exact) mass is 476 g/mol. The van der Waals surface area contributed by atoms with Crippen LogP contribution in [-0.2, 0) is 11.0 Å². The molecule has 0 aliphatic rings. The van der Waals surface area contributed by atoms with E-state index in [9.17, 15) is 22.8 Å². The highest BCUT2D eigenvalue weighted by atomic mass is 19.4. The number of halogens is 3. The number of alkyl halides is 3. The van der Waals surface area contributed by atoms with Crippen LogP contribution in [-0.4, -0.2) is 45.1 Å². The normalized spacial score (nSPS) is 13.5. The molecule has 8 nitrogen and oxygen atoms in total. The van der Waals surface area contributed by atoms with Gasteiger partial charge in [-0.25, -0.2) is 15.0 Å². The van der Waals surface area contributed by atoms with Gasteiger partial charge in [-0.2, -0.15) is 13.2 Å². The first-order valence-corrected chi connectivity index (χ1v) is 10.6. The van der Waals surface area contributed by atoms with E-state index in [1.54, 1.807) is 31.2 Å². The molecule has 0 saturated heterocycles. The molecule has 1 aromatic carbocycles. The predicted octanol–water partition coefficient (Wildman–Crippen LogP) is 3.69. The van der Waals surface area contributed by atoms with Gasteiger partial charge in [0.05, 0.1) is 5.69 Å². The van der Waals surface area contributed by atoms with E-state index in [1.165, 1.54) is 18.0 Å². The Labute approximate surface area is 195 Å². The smallest absolute Gasteiger partial charge is 0.404 e. The van der Waals surface area contributed by atoms with Crippen LogP contribution in [0.15, 0.2) is 59.4 Å². The summed E-state index contributed by atoms with van der Waals surface area (Å²) in [5, 5.41) is 2.37. The molecule has 0 radical (unpaired) electrons. The van der Waals surface area contributed by atoms with Crippen molar-refractivity contribution in [1.82, 2.24) is 20.2 Å². The molecular formula is C23H27F3N6O2. The molecule has 0 fully saturated rings. The number of aromatic nitrogens is 2. The molecule has 0 bridgehead atoms. The largest absolute Gasteiger partial charge is 0.433 e. The van der Waals surface area contributed by atoms with E-state index < -0.39 is 35.6 Å². The van der Waals surface area contributed by atoms with Crippen molar-refractivity contribution in [2.75, 3.05) is 6.54 Å². The number of amidine groups is 1. The third-order valence-electron chi connectivity index (χ3n) is 4.76. The molecule has 0 saturated carbocycles. The lowest BCUT2D eigenvalue weighted by atomic mass is 10.0. The van der Waals surface area contributed by atoms with Crippen molar-refractivity contribution in [3.63, 3.8) is 0 Å². The summed E-state index contributed by atoms with van der Waals surface area (Å²) in [6.45, 7) is 7.14. The van der Waals surface area contributed by atoms with Crippen molar-refractivity contribution in [2.45, 2.75) is 39.9 Å². The van der Waals surface area contributed by atoms with E-state index in [2.05, 4.69) is 20.3 Å². The maximum atomic E-state index is 13.3. The summed E-state index contributed by atoms with van der Waals surface area (Å²) < 4.78 is 38.7. The number of nitrogens with one attached hydrogen (secondary N) is 1. The van der Waals surface area contributed by atoms with Crippen LogP contribution in [0, 0.1) is 5.92 Å². The molecule has 2 rings (SSSR count). The topological polar surface area (TPSA) is 114 Å². The molecule has 1 aromatic heterocycles. The Morgan fingerprint density at radius 2 is 1.82 bits per heavy atom. The summed E-state index contributed by atoms with van der Waals surface area (Å²) in [4.78, 5) is 38.6. The second kappa shape index (κ2) is 11.4. The second-order valence-corrected chi connectivity index (χ2v) is 7.59. The third kappa shape index (κ3) is 6.63. The summed E-state index contributed by atoms with van der Waals surface area (Å²) in [5.41, 5.74) is 5.79. The van der Waals surface area contributed by atoms with Gasteiger partial charge in [0, 0.05) is 24.5 Å². The summed E-state index contributed by atoms with van der Waals surface area (Å²) in [6, 6.07) is 8.51. The standard InChI is InChI=1S/C23H27F3N6O2/c1-5-32(20(17(13-27)14(2)3)30-16-9-7-6-8-10-16)22(34)15(4)29-21(33)19-28-12-11-18(31-19)23(24,25)26/h6-15H,5,27H2,1-4H3,(H,29,33)/b17-13-,30-20?. The highest BCUT2D eigenvalue weighted by molar-refractivity contribution is 6.10. The van der Waals surface area contributed by atoms with Gasteiger partial charge in [0.1, 0.15) is 17.6 Å². The van der Waals surface area contributed by atoms with Gasteiger partial charge in [-0.15, -0.1) is 0 Å². The van der Waals surface area contributed by atoms with Crippen LogP contribution in [0.25, 0.3) is 0 Å². The van der Waals surface area contributed by atoms with E-state index in [1.807, 2.05) is 19.9 Å². The van der Waals surface area contributed by atoms with Gasteiger partial charge >= 0.3 is 6.18 Å². The van der Waals surface area contributed by atoms with Crippen molar-refractivity contribution in [3.8, 4) is 0 Å². The number of hydrogen-bond acceptors (Lipinski definition) is 6. The molecule has 3 N–H and O–H groups in total. The van der Waals surface area contributed by atoms with E-state index >= 15 is 0 Å². The van der Waals surface area contributed by atoms with Crippen LogP contribution in [0.4, 0.5) is 18.9 Å². The number of aliphatic imine (C=N–C) groups is 1. The first kappa shape index (κ1) is 26.5. The zero-order valence-corrected chi connectivity index (χ0v) is 19.3. The molecular weight excluding hydrogens is 449 g/mol. The van der Waals surface area contributed by atoms with Gasteiger partial charge < -0.3 is 11.1 Å². The summed E-state index contributed by atoms with van der Waals surface area (Å²) in [5.74, 6) is -1.99. The van der Waals surface area contributed by atoms with Crippen molar-refractivity contribution in [2.24, 2.45) is 16.6 Å². The van der Waals surface area contributed by atoms with Gasteiger partial charge in [-0.1, -0.05) is 32.0 Å². The van der Waals surface area contributed by atoms with Crippen LogP contribution < -0.4 is 11.1 Å². The lowest BCUT2D eigenvalue weighted by molar-refractivity contribution is -0.141. The SMILES string of the molecule is CCN(C(=O)C(C)NC(=O)c1nccc(C(F)(F)F)n1)C(=Nc1ccccc1)/C(=C\N)C(C)C. The van der Waals surface area contributed by atoms with E-state index in [-0.39, 0.29) is 12.5 Å². The van der Waals surface area contributed by atoms with Crippen molar-refractivity contribution in [1.29, 1.82) is 0 Å². The average Bonchev–Trinajstić information content (AvgIpc) is 2.79. The summed E-state index contributed by atoms with van der Waals surface area (Å²) in [7, 11) is 0. The minimum absolute atomic E-state index is 0.0716. The van der Waals surface area contributed by atoms with Gasteiger partial charge in [-0.3, -0.25) is 14.5 Å². The molecule has 0 spiro atoms. The highest BCUT2D eigenvalue weighted by Gasteiger charge is 2.34. The van der Waals surface area contributed by atoms with Crippen LogP contribution in [0.5, 0.6) is 0 Å². The van der Waals surface area contributed by atoms with E-state index in [0.29, 0.717) is 23.2 Å². The fourth-order valence-electron chi connectivity index (χ4n) is 3.02. The molecule has 34 heavy (non-hydrogen) atoms. The van der Waals surface area contributed by atoms with Gasteiger partial charge in [0.2, 0.25) is 11.7 Å². The number of amides is 2. The Morgan fingerprint density at radius 3 is 2.35 bits per heavy atom. The number of likely N-dealkylation sites (N-methyl/N-ethyl adjacent to an activating group) is 1. The lowest BCUT2D eigenvalue weighted by Gasteiger charge is -2.28. The minimum atomic E-state index is -4.73. The molecule has 1 heterocycles. The summed E-state index contributed by atoms with van der Waals surface area (Å²) >= 11 is 0. The molecule has 0 aliphatic carbocycles. The number of carbonyl (C=O) groups excluding carboxylic acids is 2. The van der Waals surface area contributed by atoms with E-state index in [0.717, 1.165) is 6.20 Å². The number of para-hydroxylation sites is 1. The zero-order valence-electron chi connectivity index (χ0n) is 19.3. The average molecular weight is 477 g/mol. The molecule has 0 aliphatic heterocycles. The molecule has 2 aromatic rings. The Kier molecular flexibility index (Phi) is 8.88. The molecule has 2 amide bonds. The highest BCUT2D eigenvalue weighted by Crippen LogP contribution is 2.27. The van der Waals surface area contributed by atoms with Gasteiger partial charge in [0.15, 0.2) is 0 Å². The molecule has 182 valence electrons. The summed E-state index contributed by atoms with van der Waals surface area (Å²) in [6.07, 6.45) is -2.52. The van der Waals surface area contributed by atoms with Crippen molar-refractivity contribution >= 4 is 23.3 Å². The zero-order chi connectivity index (χ0) is 25.5. The Morgan fingerprint density at radius 1 is 1.18 bits per heavy atom. The van der Waals surface area contributed by atoms with Gasteiger partial charge in [-0.05, 0) is 38.0 Å². The second-order valence-electron chi connectivity index (χ2n) is 7.59. The number of nitrogens with zero attached hydrogens (tertiary/aromatic N) is 4. The molecule has 11 heteroatoms. The number of hydrogen-bond donors (Lipinski definition) is 2. The maximum Gasteiger partial charge on any atom is 0.433 e. The number of carbonyl (C=O) groups is 2. The Hall–Kier alpha value is -3.76. The van der Waals surface area contributed by atoms with Gasteiger partial charge in [0.25, 0.3) is 5.91 Å². The minimum Gasteiger partial charge on any atom is -0.404 e. The van der Waals surface area contributed by atoms with Crippen LogP contribution >= 0.6 is 0 Å². The van der Waals surface area contributed by atoms with Crippen LogP contribution in [0.1, 0.15) is 44.0 Å². The number of nitrogens with two attached hydrogens (primary N) is 1.